The van der Waals surface area contributed by atoms with Crippen LogP contribution >= 0.6 is 23.2 Å². The summed E-state index contributed by atoms with van der Waals surface area (Å²) in [6.07, 6.45) is 4.96. The highest BCUT2D eigenvalue weighted by molar-refractivity contribution is 6.43. The summed E-state index contributed by atoms with van der Waals surface area (Å²) < 4.78 is 0. The lowest BCUT2D eigenvalue weighted by atomic mass is 10.1. The zero-order valence-corrected chi connectivity index (χ0v) is 12.5. The SMILES string of the molecule is CN(CC1CCCC1)C(=O)c1cc(N)c(Cl)c(Cl)c1. The van der Waals surface area contributed by atoms with Crippen molar-refractivity contribution in [3.63, 3.8) is 0 Å². The molecule has 1 aromatic rings. The van der Waals surface area contributed by atoms with Crippen molar-refractivity contribution in [3.05, 3.63) is 27.7 Å². The van der Waals surface area contributed by atoms with E-state index < -0.39 is 0 Å². The van der Waals surface area contributed by atoms with E-state index in [-0.39, 0.29) is 5.91 Å². The van der Waals surface area contributed by atoms with Crippen LogP contribution < -0.4 is 5.73 Å². The van der Waals surface area contributed by atoms with E-state index in [0.29, 0.717) is 27.2 Å². The van der Waals surface area contributed by atoms with Gasteiger partial charge in [-0.15, -0.1) is 0 Å². The fourth-order valence-corrected chi connectivity index (χ4v) is 2.95. The molecule has 1 amide bonds. The van der Waals surface area contributed by atoms with Crippen LogP contribution in [0.15, 0.2) is 12.1 Å². The van der Waals surface area contributed by atoms with E-state index in [1.54, 1.807) is 17.0 Å². The number of carbonyl (C=O) groups is 1. The van der Waals surface area contributed by atoms with Crippen LogP contribution in [0.4, 0.5) is 5.69 Å². The van der Waals surface area contributed by atoms with E-state index in [1.165, 1.54) is 25.7 Å². The van der Waals surface area contributed by atoms with Crippen molar-refractivity contribution in [2.75, 3.05) is 19.3 Å². The average molecular weight is 301 g/mol. The van der Waals surface area contributed by atoms with Crippen LogP contribution in [0.25, 0.3) is 0 Å². The number of nitrogens with zero attached hydrogens (tertiary/aromatic N) is 1. The maximum Gasteiger partial charge on any atom is 0.253 e. The first-order valence-corrected chi connectivity index (χ1v) is 7.24. The quantitative estimate of drug-likeness (QED) is 0.862. The largest absolute Gasteiger partial charge is 0.397 e. The molecule has 2 rings (SSSR count). The number of anilines is 1. The number of benzene rings is 1. The highest BCUT2D eigenvalue weighted by Crippen LogP contribution is 2.30. The van der Waals surface area contributed by atoms with Crippen LogP contribution in [-0.4, -0.2) is 24.4 Å². The highest BCUT2D eigenvalue weighted by atomic mass is 35.5. The lowest BCUT2D eigenvalue weighted by molar-refractivity contribution is 0.0773. The van der Waals surface area contributed by atoms with Crippen molar-refractivity contribution >= 4 is 34.8 Å². The molecule has 0 heterocycles. The molecule has 0 spiro atoms. The first-order chi connectivity index (χ1) is 8.99. The summed E-state index contributed by atoms with van der Waals surface area (Å²) in [5.41, 5.74) is 6.57. The third-order valence-electron chi connectivity index (χ3n) is 3.66. The Balaban J connectivity index is 2.10. The van der Waals surface area contributed by atoms with Crippen LogP contribution in [0.3, 0.4) is 0 Å². The first-order valence-electron chi connectivity index (χ1n) is 6.49. The predicted molar refractivity (Wildman–Crippen MR) is 79.8 cm³/mol. The summed E-state index contributed by atoms with van der Waals surface area (Å²) in [7, 11) is 1.82. The van der Waals surface area contributed by atoms with Crippen molar-refractivity contribution in [2.45, 2.75) is 25.7 Å². The molecule has 19 heavy (non-hydrogen) atoms. The molecule has 1 saturated carbocycles. The van der Waals surface area contributed by atoms with Gasteiger partial charge < -0.3 is 10.6 Å². The van der Waals surface area contributed by atoms with E-state index >= 15 is 0 Å². The molecule has 3 nitrogen and oxygen atoms in total. The van der Waals surface area contributed by atoms with Crippen molar-refractivity contribution in [3.8, 4) is 0 Å². The summed E-state index contributed by atoms with van der Waals surface area (Å²) in [5.74, 6) is 0.561. The number of amides is 1. The second kappa shape index (κ2) is 6.02. The van der Waals surface area contributed by atoms with Gasteiger partial charge >= 0.3 is 0 Å². The number of hydrogen-bond donors (Lipinski definition) is 1. The van der Waals surface area contributed by atoms with E-state index in [1.807, 2.05) is 7.05 Å². The van der Waals surface area contributed by atoms with Crippen LogP contribution in [0.5, 0.6) is 0 Å². The summed E-state index contributed by atoms with van der Waals surface area (Å²) in [5, 5.41) is 0.621. The van der Waals surface area contributed by atoms with Crippen LogP contribution in [0.2, 0.25) is 10.0 Å². The number of carbonyl (C=O) groups excluding carboxylic acids is 1. The van der Waals surface area contributed by atoms with Gasteiger partial charge in [-0.3, -0.25) is 4.79 Å². The van der Waals surface area contributed by atoms with E-state index in [4.69, 9.17) is 28.9 Å². The Kier molecular flexibility index (Phi) is 4.58. The molecular formula is C14H18Cl2N2O. The monoisotopic (exact) mass is 300 g/mol. The molecule has 104 valence electrons. The van der Waals surface area contributed by atoms with Crippen molar-refractivity contribution in [2.24, 2.45) is 5.92 Å². The molecule has 2 N–H and O–H groups in total. The van der Waals surface area contributed by atoms with Crippen LogP contribution in [-0.2, 0) is 0 Å². The molecule has 0 radical (unpaired) electrons. The molecule has 0 unspecified atom stereocenters. The number of rotatable bonds is 3. The standard InChI is InChI=1S/C14H18Cl2N2O/c1-18(8-9-4-2-3-5-9)14(19)10-6-11(15)13(16)12(17)7-10/h6-7,9H,2-5,8,17H2,1H3. The molecular weight excluding hydrogens is 283 g/mol. The second-order valence-electron chi connectivity index (χ2n) is 5.20. The first kappa shape index (κ1) is 14.5. The molecule has 1 aromatic carbocycles. The minimum Gasteiger partial charge on any atom is -0.397 e. The van der Waals surface area contributed by atoms with Gasteiger partial charge in [0.15, 0.2) is 0 Å². The van der Waals surface area contributed by atoms with Crippen molar-refractivity contribution in [1.29, 1.82) is 0 Å². The summed E-state index contributed by atoms with van der Waals surface area (Å²) in [4.78, 5) is 14.1. The molecule has 0 aliphatic heterocycles. The smallest absolute Gasteiger partial charge is 0.253 e. The van der Waals surface area contributed by atoms with Gasteiger partial charge in [-0.05, 0) is 30.9 Å². The molecule has 0 atom stereocenters. The molecule has 0 bridgehead atoms. The van der Waals surface area contributed by atoms with Crippen molar-refractivity contribution in [1.82, 2.24) is 4.90 Å². The van der Waals surface area contributed by atoms with E-state index in [9.17, 15) is 4.79 Å². The Hall–Kier alpha value is -0.930. The van der Waals surface area contributed by atoms with Gasteiger partial charge in [0.1, 0.15) is 0 Å². The zero-order valence-electron chi connectivity index (χ0n) is 11.0. The Bertz CT molecular complexity index is 461. The fourth-order valence-electron chi connectivity index (χ4n) is 2.62. The second-order valence-corrected chi connectivity index (χ2v) is 5.98. The number of nitrogens with two attached hydrogens (primary N) is 1. The van der Waals surface area contributed by atoms with Gasteiger partial charge in [0.05, 0.1) is 15.7 Å². The van der Waals surface area contributed by atoms with Crippen molar-refractivity contribution < 1.29 is 4.79 Å². The Labute approximate surface area is 123 Å². The maximum atomic E-state index is 12.3. The third-order valence-corrected chi connectivity index (χ3v) is 4.47. The van der Waals surface area contributed by atoms with Gasteiger partial charge in [0.25, 0.3) is 5.91 Å². The molecule has 1 aliphatic rings. The Morgan fingerprint density at radius 3 is 2.58 bits per heavy atom. The minimum absolute atomic E-state index is 0.0582. The summed E-state index contributed by atoms with van der Waals surface area (Å²) >= 11 is 11.8. The Morgan fingerprint density at radius 2 is 2.00 bits per heavy atom. The molecule has 1 fully saturated rings. The van der Waals surface area contributed by atoms with Gasteiger partial charge in [0.2, 0.25) is 0 Å². The maximum absolute atomic E-state index is 12.3. The number of nitrogen functional groups attached to an aromatic ring is 1. The molecule has 1 aliphatic carbocycles. The normalized spacial score (nSPS) is 15.7. The van der Waals surface area contributed by atoms with E-state index in [0.717, 1.165) is 6.54 Å². The number of hydrogen-bond acceptors (Lipinski definition) is 2. The lowest BCUT2D eigenvalue weighted by Gasteiger charge is -2.21. The third kappa shape index (κ3) is 3.34. The predicted octanol–water partition coefficient (Wildman–Crippen LogP) is 3.84. The van der Waals surface area contributed by atoms with Gasteiger partial charge in [-0.2, -0.15) is 0 Å². The van der Waals surface area contributed by atoms with Crippen LogP contribution in [0.1, 0.15) is 36.0 Å². The van der Waals surface area contributed by atoms with Gasteiger partial charge in [-0.1, -0.05) is 36.0 Å². The van der Waals surface area contributed by atoms with Crippen LogP contribution in [0, 0.1) is 5.92 Å². The van der Waals surface area contributed by atoms with Gasteiger partial charge in [0, 0.05) is 19.2 Å². The highest BCUT2D eigenvalue weighted by Gasteiger charge is 2.21. The minimum atomic E-state index is -0.0582. The zero-order chi connectivity index (χ0) is 14.0. The Morgan fingerprint density at radius 1 is 1.37 bits per heavy atom. The van der Waals surface area contributed by atoms with Gasteiger partial charge in [-0.25, -0.2) is 0 Å². The van der Waals surface area contributed by atoms with E-state index in [2.05, 4.69) is 0 Å². The average Bonchev–Trinajstić information content (AvgIpc) is 2.87. The number of halogens is 2. The summed E-state index contributed by atoms with van der Waals surface area (Å²) in [6, 6.07) is 3.16. The molecule has 0 aromatic heterocycles. The summed E-state index contributed by atoms with van der Waals surface area (Å²) in [6.45, 7) is 0.791. The molecule has 5 heteroatoms. The topological polar surface area (TPSA) is 46.3 Å². The fraction of sp³-hybridized carbons (Fsp3) is 0.500. The lowest BCUT2D eigenvalue weighted by Crippen LogP contribution is -2.31. The molecule has 0 saturated heterocycles.